The van der Waals surface area contributed by atoms with Gasteiger partial charge in [0.25, 0.3) is 0 Å². The number of nitrogens with one attached hydrogen (secondary N) is 1. The maximum atomic E-state index is 11.2. The van der Waals surface area contributed by atoms with Gasteiger partial charge in [-0.1, -0.05) is 79.7 Å². The van der Waals surface area contributed by atoms with Crippen molar-refractivity contribution in [2.24, 2.45) is 0 Å². The monoisotopic (exact) mass is 708 g/mol. The normalized spacial score (nSPS) is 12.8. The van der Waals surface area contributed by atoms with E-state index in [0.717, 1.165) is 62.0 Å². The van der Waals surface area contributed by atoms with Gasteiger partial charge in [-0.2, -0.15) is 0 Å². The highest BCUT2D eigenvalue weighted by atomic mass is 16.3. The van der Waals surface area contributed by atoms with Crippen LogP contribution in [-0.4, -0.2) is 70.1 Å². The van der Waals surface area contributed by atoms with Crippen LogP contribution in [0, 0.1) is 0 Å². The third-order valence-corrected chi connectivity index (χ3v) is 10.0. The molecule has 2 atom stereocenters. The summed E-state index contributed by atoms with van der Waals surface area (Å²) in [4.78, 5) is 16.2. The first-order chi connectivity index (χ1) is 24.9. The molecule has 0 saturated heterocycles. The van der Waals surface area contributed by atoms with Crippen molar-refractivity contribution in [3.05, 3.63) is 130 Å². The van der Waals surface area contributed by atoms with Crippen LogP contribution in [0.15, 0.2) is 97.1 Å². The molecule has 0 aliphatic heterocycles. The Bertz CT molecular complexity index is 1590. The Morgan fingerprint density at radius 3 is 1.42 bits per heavy atom. The SMILES string of the molecule is CC(C)N(CC[C@H](c1ccccc1)c1cc(C=O)ccc1O)C(C)C.CCNCc1ccc(O)c(C(CCN(C(C)C)C(C)C)c2ccccc2)c1. The average molecular weight is 708 g/mol. The molecule has 0 fully saturated rings. The molecule has 1 unspecified atom stereocenters. The highest BCUT2D eigenvalue weighted by Gasteiger charge is 2.23. The number of nitrogens with zero attached hydrogens (tertiary/aromatic N) is 2. The fourth-order valence-electron chi connectivity index (χ4n) is 7.34. The molecule has 4 rings (SSSR count). The first-order valence-corrected chi connectivity index (χ1v) is 19.3. The zero-order valence-electron chi connectivity index (χ0n) is 33.2. The van der Waals surface area contributed by atoms with Gasteiger partial charge in [-0.25, -0.2) is 0 Å². The topological polar surface area (TPSA) is 76.0 Å². The summed E-state index contributed by atoms with van der Waals surface area (Å²) >= 11 is 0. The van der Waals surface area contributed by atoms with Crippen molar-refractivity contribution < 1.29 is 15.0 Å². The van der Waals surface area contributed by atoms with Gasteiger partial charge < -0.3 is 15.5 Å². The van der Waals surface area contributed by atoms with E-state index in [0.29, 0.717) is 35.5 Å². The van der Waals surface area contributed by atoms with Gasteiger partial charge in [-0.05, 0) is 129 Å². The second kappa shape index (κ2) is 21.5. The molecular weight excluding hydrogens is 643 g/mol. The van der Waals surface area contributed by atoms with Gasteiger partial charge >= 0.3 is 0 Å². The highest BCUT2D eigenvalue weighted by Crippen LogP contribution is 2.36. The molecule has 0 amide bonds. The second-order valence-corrected chi connectivity index (χ2v) is 15.0. The number of benzene rings is 4. The van der Waals surface area contributed by atoms with Crippen LogP contribution >= 0.6 is 0 Å². The zero-order valence-corrected chi connectivity index (χ0v) is 33.2. The average Bonchev–Trinajstić information content (AvgIpc) is 3.12. The summed E-state index contributed by atoms with van der Waals surface area (Å²) in [6, 6.07) is 33.9. The van der Waals surface area contributed by atoms with Gasteiger partial charge in [-0.3, -0.25) is 14.6 Å². The van der Waals surface area contributed by atoms with E-state index < -0.39 is 0 Å². The lowest BCUT2D eigenvalue weighted by Crippen LogP contribution is -2.38. The van der Waals surface area contributed by atoms with Crippen molar-refractivity contribution in [1.29, 1.82) is 0 Å². The molecule has 0 aliphatic carbocycles. The summed E-state index contributed by atoms with van der Waals surface area (Å²) in [5.41, 5.74) is 6.09. The lowest BCUT2D eigenvalue weighted by Gasteiger charge is -2.32. The van der Waals surface area contributed by atoms with Crippen molar-refractivity contribution >= 4 is 6.29 Å². The standard InChI is InChI=1S/C24H36N2O.C22H29NO2/c1-6-25-17-20-12-13-24(27)23(16-20)22(21-10-8-7-9-11-21)14-15-26(18(2)3)19(4)5;1-16(2)23(17(3)4)13-12-20(19-8-6-5-7-9-19)21-14-18(15-24)10-11-22(21)25/h7-13,16,18-19,22,25,27H,6,14-15,17H2,1-5H3;5-11,14-17,20,25H,12-13H2,1-4H3/t;20-/m.1/s1. The van der Waals surface area contributed by atoms with E-state index in [1.54, 1.807) is 12.1 Å². The van der Waals surface area contributed by atoms with Crippen molar-refractivity contribution in [2.75, 3.05) is 19.6 Å². The number of aldehydes is 1. The summed E-state index contributed by atoms with van der Waals surface area (Å²) in [6.45, 7) is 23.7. The highest BCUT2D eigenvalue weighted by molar-refractivity contribution is 5.76. The number of phenols is 2. The number of aromatic hydroxyl groups is 2. The van der Waals surface area contributed by atoms with Crippen LogP contribution in [0.25, 0.3) is 0 Å². The Kier molecular flexibility index (Phi) is 17.6. The van der Waals surface area contributed by atoms with Gasteiger partial charge in [0.2, 0.25) is 0 Å². The number of carbonyl (C=O) groups excluding carboxylic acids is 1. The summed E-state index contributed by atoms with van der Waals surface area (Å²) < 4.78 is 0. The molecule has 0 aliphatic rings. The molecule has 0 spiro atoms. The second-order valence-electron chi connectivity index (χ2n) is 15.0. The first kappa shape index (κ1) is 42.4. The molecule has 4 aromatic rings. The Labute approximate surface area is 314 Å². The smallest absolute Gasteiger partial charge is 0.150 e. The third kappa shape index (κ3) is 12.6. The van der Waals surface area contributed by atoms with Gasteiger partial charge in [0.1, 0.15) is 17.8 Å². The quantitative estimate of drug-likeness (QED) is 0.0895. The summed E-state index contributed by atoms with van der Waals surface area (Å²) in [5.74, 6) is 0.888. The molecule has 282 valence electrons. The number of phenolic OH excluding ortho intramolecular Hbond substituents is 2. The van der Waals surface area contributed by atoms with E-state index in [-0.39, 0.29) is 17.6 Å². The van der Waals surface area contributed by atoms with Crippen molar-refractivity contribution in [3.63, 3.8) is 0 Å². The molecule has 0 saturated carbocycles. The molecule has 52 heavy (non-hydrogen) atoms. The summed E-state index contributed by atoms with van der Waals surface area (Å²) in [6.07, 6.45) is 2.70. The predicted octanol–water partition coefficient (Wildman–Crippen LogP) is 9.99. The van der Waals surface area contributed by atoms with Crippen LogP contribution in [0.1, 0.15) is 125 Å². The predicted molar refractivity (Wildman–Crippen MR) is 219 cm³/mol. The van der Waals surface area contributed by atoms with Gasteiger partial charge in [0.15, 0.2) is 0 Å². The zero-order chi connectivity index (χ0) is 38.2. The van der Waals surface area contributed by atoms with E-state index >= 15 is 0 Å². The fraction of sp³-hybridized carbons (Fsp3) is 0.457. The van der Waals surface area contributed by atoms with E-state index in [1.165, 1.54) is 11.1 Å². The summed E-state index contributed by atoms with van der Waals surface area (Å²) in [7, 11) is 0. The molecule has 0 radical (unpaired) electrons. The van der Waals surface area contributed by atoms with Crippen LogP contribution in [0.4, 0.5) is 0 Å². The van der Waals surface area contributed by atoms with Crippen LogP contribution in [-0.2, 0) is 6.54 Å². The number of carbonyl (C=O) groups is 1. The van der Waals surface area contributed by atoms with Crippen molar-refractivity contribution in [3.8, 4) is 11.5 Å². The molecule has 0 bridgehead atoms. The Morgan fingerprint density at radius 1 is 0.596 bits per heavy atom. The van der Waals surface area contributed by atoms with E-state index in [9.17, 15) is 15.0 Å². The number of rotatable bonds is 18. The molecule has 3 N–H and O–H groups in total. The van der Waals surface area contributed by atoms with Gasteiger partial charge in [0, 0.05) is 59.2 Å². The largest absolute Gasteiger partial charge is 0.508 e. The Morgan fingerprint density at radius 2 is 1.02 bits per heavy atom. The summed E-state index contributed by atoms with van der Waals surface area (Å²) in [5, 5.41) is 24.4. The van der Waals surface area contributed by atoms with Crippen LogP contribution < -0.4 is 5.32 Å². The van der Waals surface area contributed by atoms with Crippen LogP contribution in [0.3, 0.4) is 0 Å². The van der Waals surface area contributed by atoms with Crippen LogP contribution in [0.5, 0.6) is 11.5 Å². The number of hydrogen-bond acceptors (Lipinski definition) is 6. The van der Waals surface area contributed by atoms with Gasteiger partial charge in [-0.15, -0.1) is 0 Å². The third-order valence-electron chi connectivity index (χ3n) is 10.0. The lowest BCUT2D eigenvalue weighted by molar-refractivity contribution is 0.112. The first-order valence-electron chi connectivity index (χ1n) is 19.3. The minimum Gasteiger partial charge on any atom is -0.508 e. The van der Waals surface area contributed by atoms with Crippen molar-refractivity contribution in [1.82, 2.24) is 15.1 Å². The minimum absolute atomic E-state index is 0.0566. The van der Waals surface area contributed by atoms with E-state index in [4.69, 9.17) is 0 Å². The molecule has 0 aromatic heterocycles. The maximum Gasteiger partial charge on any atom is 0.150 e. The molecule has 0 heterocycles. The fourth-order valence-corrected chi connectivity index (χ4v) is 7.34. The molecule has 6 nitrogen and oxygen atoms in total. The molecule has 4 aromatic carbocycles. The molecular formula is C46H65N3O3. The minimum atomic E-state index is 0.0566. The van der Waals surface area contributed by atoms with E-state index in [2.05, 4.69) is 126 Å². The van der Waals surface area contributed by atoms with Crippen molar-refractivity contribution in [2.45, 2.75) is 118 Å². The van der Waals surface area contributed by atoms with E-state index in [1.807, 2.05) is 36.4 Å². The Balaban J connectivity index is 0.000000281. The molecule has 6 heteroatoms. The van der Waals surface area contributed by atoms with Gasteiger partial charge in [0.05, 0.1) is 0 Å². The maximum absolute atomic E-state index is 11.2. The number of hydrogen-bond donors (Lipinski definition) is 3. The van der Waals surface area contributed by atoms with Crippen LogP contribution in [0.2, 0.25) is 0 Å². The lowest BCUT2D eigenvalue weighted by atomic mass is 9.86. The Hall–Kier alpha value is -3.97.